The Balaban J connectivity index is 1.37. The minimum Gasteiger partial charge on any atom is -0.357 e. The van der Waals surface area contributed by atoms with Crippen molar-refractivity contribution in [2.45, 2.75) is 47.4 Å². The van der Waals surface area contributed by atoms with E-state index in [9.17, 15) is 13.2 Å². The van der Waals surface area contributed by atoms with Crippen LogP contribution in [0.5, 0.6) is 0 Å². The first kappa shape index (κ1) is 21.8. The summed E-state index contributed by atoms with van der Waals surface area (Å²) in [5.41, 5.74) is 0.397. The molecule has 162 valence electrons. The van der Waals surface area contributed by atoms with Gasteiger partial charge in [-0.1, -0.05) is 41.1 Å². The third-order valence-corrected chi connectivity index (χ3v) is 9.15. The van der Waals surface area contributed by atoms with Crippen molar-refractivity contribution in [3.63, 3.8) is 0 Å². The van der Waals surface area contributed by atoms with Gasteiger partial charge >= 0.3 is 0 Å². The van der Waals surface area contributed by atoms with E-state index < -0.39 is 10.0 Å². The van der Waals surface area contributed by atoms with Gasteiger partial charge in [-0.05, 0) is 43.9 Å². The summed E-state index contributed by atoms with van der Waals surface area (Å²) >= 11 is 8.89. The van der Waals surface area contributed by atoms with E-state index in [2.05, 4.69) is 20.8 Å². The molecule has 2 N–H and O–H groups in total. The van der Waals surface area contributed by atoms with Crippen LogP contribution in [0.3, 0.4) is 0 Å². The van der Waals surface area contributed by atoms with E-state index in [1.807, 2.05) is 0 Å². The summed E-state index contributed by atoms with van der Waals surface area (Å²) in [5, 5.41) is 15.1. The highest BCUT2D eigenvalue weighted by Gasteiger charge is 2.28. The molecular weight excluding hydrogens is 466 g/mol. The molecule has 8 nitrogen and oxygen atoms in total. The van der Waals surface area contributed by atoms with E-state index in [4.69, 9.17) is 11.6 Å². The summed E-state index contributed by atoms with van der Waals surface area (Å²) in [6.45, 7) is 0.983. The molecule has 30 heavy (non-hydrogen) atoms. The SMILES string of the molecule is O=C(CSc1nnc(NC2CC2)s1)Nc1ccc(Cl)c(S(=O)(=O)N2CCCCC2)c1. The second-order valence-corrected chi connectivity index (χ2v) is 11.8. The first-order valence-corrected chi connectivity index (χ1v) is 13.4. The fourth-order valence-corrected chi connectivity index (χ4v) is 6.72. The van der Waals surface area contributed by atoms with E-state index >= 15 is 0 Å². The molecule has 1 saturated heterocycles. The standard InChI is InChI=1S/C18H22ClN5O3S3/c19-14-7-6-13(10-15(14)30(26,27)24-8-2-1-3-9-24)20-16(25)11-28-18-23-22-17(29-18)21-12-4-5-12/h6-7,10,12H,1-5,8-9,11H2,(H,20,25)(H,21,22). The Hall–Kier alpha value is -1.40. The number of rotatable bonds is 8. The average molecular weight is 488 g/mol. The molecule has 0 radical (unpaired) electrons. The van der Waals surface area contributed by atoms with Crippen molar-refractivity contribution in [1.82, 2.24) is 14.5 Å². The maximum absolute atomic E-state index is 12.9. The molecule has 1 aliphatic heterocycles. The van der Waals surface area contributed by atoms with Crippen LogP contribution in [-0.2, 0) is 14.8 Å². The van der Waals surface area contributed by atoms with Crippen LogP contribution in [-0.4, -0.2) is 53.7 Å². The highest BCUT2D eigenvalue weighted by Crippen LogP contribution is 2.31. The van der Waals surface area contributed by atoms with Gasteiger partial charge in [0, 0.05) is 24.8 Å². The molecule has 4 rings (SSSR count). The normalized spacial score (nSPS) is 17.6. The second kappa shape index (κ2) is 9.39. The van der Waals surface area contributed by atoms with Crippen LogP contribution in [0.2, 0.25) is 5.02 Å². The quantitative estimate of drug-likeness (QED) is 0.547. The highest BCUT2D eigenvalue weighted by molar-refractivity contribution is 8.01. The van der Waals surface area contributed by atoms with E-state index in [0.29, 0.717) is 29.2 Å². The number of anilines is 2. The van der Waals surface area contributed by atoms with E-state index in [0.717, 1.165) is 37.2 Å². The molecule has 1 saturated carbocycles. The van der Waals surface area contributed by atoms with Crippen LogP contribution in [0.4, 0.5) is 10.8 Å². The molecule has 0 spiro atoms. The summed E-state index contributed by atoms with van der Waals surface area (Å²) in [4.78, 5) is 12.4. The molecule has 2 aromatic rings. The van der Waals surface area contributed by atoms with Crippen molar-refractivity contribution in [3.8, 4) is 0 Å². The molecule has 2 fully saturated rings. The predicted octanol–water partition coefficient (Wildman–Crippen LogP) is 3.67. The minimum absolute atomic E-state index is 0.0245. The van der Waals surface area contributed by atoms with Crippen LogP contribution < -0.4 is 10.6 Å². The zero-order valence-corrected chi connectivity index (χ0v) is 19.3. The predicted molar refractivity (Wildman–Crippen MR) is 120 cm³/mol. The zero-order valence-electron chi connectivity index (χ0n) is 16.1. The van der Waals surface area contributed by atoms with Crippen molar-refractivity contribution in [3.05, 3.63) is 23.2 Å². The summed E-state index contributed by atoms with van der Waals surface area (Å²) in [5.74, 6) is -0.106. The topological polar surface area (TPSA) is 104 Å². The van der Waals surface area contributed by atoms with Gasteiger partial charge in [0.15, 0.2) is 4.34 Å². The van der Waals surface area contributed by atoms with Gasteiger partial charge in [-0.15, -0.1) is 10.2 Å². The van der Waals surface area contributed by atoms with Crippen molar-refractivity contribution in [2.24, 2.45) is 0 Å². The number of hydrogen-bond acceptors (Lipinski definition) is 8. The fraction of sp³-hybridized carbons (Fsp3) is 0.500. The van der Waals surface area contributed by atoms with Crippen LogP contribution in [0, 0.1) is 0 Å². The van der Waals surface area contributed by atoms with Gasteiger partial charge in [-0.3, -0.25) is 4.79 Å². The number of amides is 1. The van der Waals surface area contributed by atoms with Gasteiger partial charge in [0.25, 0.3) is 0 Å². The van der Waals surface area contributed by atoms with Crippen molar-refractivity contribution < 1.29 is 13.2 Å². The molecular formula is C18H22ClN5O3S3. The molecule has 1 aliphatic carbocycles. The van der Waals surface area contributed by atoms with Crippen LogP contribution in [0.1, 0.15) is 32.1 Å². The Kier molecular flexibility index (Phi) is 6.83. The third-order valence-electron chi connectivity index (χ3n) is 4.79. The largest absolute Gasteiger partial charge is 0.357 e. The Bertz CT molecular complexity index is 1020. The van der Waals surface area contributed by atoms with Gasteiger partial charge in [0.2, 0.25) is 21.1 Å². The number of hydrogen-bond donors (Lipinski definition) is 2. The first-order chi connectivity index (χ1) is 14.4. The molecule has 2 heterocycles. The molecule has 1 aromatic carbocycles. The number of halogens is 1. The Morgan fingerprint density at radius 1 is 1.23 bits per heavy atom. The molecule has 0 atom stereocenters. The van der Waals surface area contributed by atoms with Gasteiger partial charge < -0.3 is 10.6 Å². The number of thioether (sulfide) groups is 1. The van der Waals surface area contributed by atoms with Crippen molar-refractivity contribution in [1.29, 1.82) is 0 Å². The summed E-state index contributed by atoms with van der Waals surface area (Å²) < 4.78 is 28.1. The number of nitrogens with one attached hydrogen (secondary N) is 2. The molecule has 12 heteroatoms. The Morgan fingerprint density at radius 3 is 2.73 bits per heavy atom. The van der Waals surface area contributed by atoms with Crippen LogP contribution in [0.15, 0.2) is 27.4 Å². The highest BCUT2D eigenvalue weighted by atomic mass is 35.5. The number of benzene rings is 1. The van der Waals surface area contributed by atoms with Gasteiger partial charge in [0.1, 0.15) is 4.90 Å². The lowest BCUT2D eigenvalue weighted by Crippen LogP contribution is -2.35. The molecule has 0 unspecified atom stereocenters. The lowest BCUT2D eigenvalue weighted by molar-refractivity contribution is -0.113. The van der Waals surface area contributed by atoms with Crippen molar-refractivity contribution in [2.75, 3.05) is 29.5 Å². The summed E-state index contributed by atoms with van der Waals surface area (Å²) in [6, 6.07) is 5.03. The maximum atomic E-state index is 12.9. The van der Waals surface area contributed by atoms with Crippen LogP contribution in [0.25, 0.3) is 0 Å². The minimum atomic E-state index is -3.69. The van der Waals surface area contributed by atoms with E-state index in [1.54, 1.807) is 6.07 Å². The first-order valence-electron chi connectivity index (χ1n) is 9.74. The molecule has 2 aliphatic rings. The Labute approximate surface area is 188 Å². The number of nitrogens with zero attached hydrogens (tertiary/aromatic N) is 3. The van der Waals surface area contributed by atoms with Crippen molar-refractivity contribution >= 4 is 61.4 Å². The zero-order chi connectivity index (χ0) is 21.1. The van der Waals surface area contributed by atoms with Gasteiger partial charge in [-0.2, -0.15) is 4.31 Å². The van der Waals surface area contributed by atoms with Gasteiger partial charge in [0.05, 0.1) is 10.8 Å². The average Bonchev–Trinajstić information content (AvgIpc) is 3.44. The number of aromatic nitrogens is 2. The number of carbonyl (C=O) groups excluding carboxylic acids is 1. The second-order valence-electron chi connectivity index (χ2n) is 7.24. The number of piperidine rings is 1. The number of sulfonamides is 1. The Morgan fingerprint density at radius 2 is 2.00 bits per heavy atom. The molecule has 1 aromatic heterocycles. The smallest absolute Gasteiger partial charge is 0.244 e. The van der Waals surface area contributed by atoms with E-state index in [1.165, 1.54) is 39.5 Å². The third kappa shape index (κ3) is 5.44. The lowest BCUT2D eigenvalue weighted by Gasteiger charge is -2.26. The lowest BCUT2D eigenvalue weighted by atomic mass is 10.2. The summed E-state index contributed by atoms with van der Waals surface area (Å²) in [7, 11) is -3.69. The maximum Gasteiger partial charge on any atom is 0.244 e. The number of carbonyl (C=O) groups is 1. The van der Waals surface area contributed by atoms with E-state index in [-0.39, 0.29) is 21.6 Å². The van der Waals surface area contributed by atoms with Gasteiger partial charge in [-0.25, -0.2) is 8.42 Å². The van der Waals surface area contributed by atoms with Crippen LogP contribution >= 0.6 is 34.7 Å². The fourth-order valence-electron chi connectivity index (χ4n) is 3.08. The summed E-state index contributed by atoms with van der Waals surface area (Å²) in [6.07, 6.45) is 5.02. The monoisotopic (exact) mass is 487 g/mol. The molecule has 0 bridgehead atoms. The molecule has 1 amide bonds.